The van der Waals surface area contributed by atoms with Crippen LogP contribution in [0.1, 0.15) is 21.1 Å². The molecule has 0 unspecified atom stereocenters. The molecule has 2 aromatic heterocycles. The number of carboxylic acid groups (broad SMARTS) is 1. The number of aromatic nitrogens is 4. The van der Waals surface area contributed by atoms with Crippen molar-refractivity contribution in [2.75, 3.05) is 0 Å². The number of carbonyl (C=O) groups is 1. The van der Waals surface area contributed by atoms with E-state index in [0.717, 1.165) is 4.88 Å². The summed E-state index contributed by atoms with van der Waals surface area (Å²) in [7, 11) is 0. The first kappa shape index (κ1) is 9.78. The molecule has 0 fully saturated rings. The maximum absolute atomic E-state index is 10.7. The van der Waals surface area contributed by atoms with Crippen molar-refractivity contribution in [1.29, 1.82) is 0 Å². The molecular formula is C8H8N4O2S. The summed E-state index contributed by atoms with van der Waals surface area (Å²) < 4.78 is 1.55. The largest absolute Gasteiger partial charge is 0.476 e. The number of aromatic carboxylic acids is 1. The zero-order chi connectivity index (χ0) is 10.8. The molecule has 2 aromatic rings. The van der Waals surface area contributed by atoms with Gasteiger partial charge in [-0.05, 0) is 6.92 Å². The van der Waals surface area contributed by atoms with Gasteiger partial charge < -0.3 is 5.11 Å². The van der Waals surface area contributed by atoms with E-state index in [0.29, 0.717) is 12.2 Å². The van der Waals surface area contributed by atoms with Crippen molar-refractivity contribution in [3.8, 4) is 0 Å². The predicted molar refractivity (Wildman–Crippen MR) is 52.9 cm³/mol. The fraction of sp³-hybridized carbons (Fsp3) is 0.250. The van der Waals surface area contributed by atoms with Crippen LogP contribution in [0.15, 0.2) is 11.7 Å². The number of hydrogen-bond acceptors (Lipinski definition) is 5. The van der Waals surface area contributed by atoms with E-state index in [1.54, 1.807) is 23.3 Å². The van der Waals surface area contributed by atoms with Crippen LogP contribution in [0.5, 0.6) is 0 Å². The lowest BCUT2D eigenvalue weighted by Gasteiger charge is -1.99. The standard InChI is InChI=1S/C8H8N4O2S/c1-5-7(8(13)14)10-11-12(5)3-6-2-9-4-15-6/h2,4H,3H2,1H3,(H,13,14). The van der Waals surface area contributed by atoms with Crippen molar-refractivity contribution in [2.45, 2.75) is 13.5 Å². The summed E-state index contributed by atoms with van der Waals surface area (Å²) >= 11 is 1.50. The highest BCUT2D eigenvalue weighted by Crippen LogP contribution is 2.10. The topological polar surface area (TPSA) is 80.9 Å². The van der Waals surface area contributed by atoms with Crippen molar-refractivity contribution in [3.05, 3.63) is 28.0 Å². The second-order valence-electron chi connectivity index (χ2n) is 2.95. The summed E-state index contributed by atoms with van der Waals surface area (Å²) in [4.78, 5) is 15.7. The fourth-order valence-corrected chi connectivity index (χ4v) is 1.75. The van der Waals surface area contributed by atoms with E-state index in [1.165, 1.54) is 11.3 Å². The monoisotopic (exact) mass is 224 g/mol. The Labute approximate surface area is 89.2 Å². The van der Waals surface area contributed by atoms with Gasteiger partial charge in [-0.15, -0.1) is 16.4 Å². The first-order valence-electron chi connectivity index (χ1n) is 4.19. The summed E-state index contributed by atoms with van der Waals surface area (Å²) in [6.07, 6.45) is 1.73. The van der Waals surface area contributed by atoms with Crippen molar-refractivity contribution >= 4 is 17.3 Å². The van der Waals surface area contributed by atoms with E-state index >= 15 is 0 Å². The van der Waals surface area contributed by atoms with Gasteiger partial charge in [-0.25, -0.2) is 9.48 Å². The highest BCUT2D eigenvalue weighted by molar-refractivity contribution is 7.09. The molecule has 2 heterocycles. The van der Waals surface area contributed by atoms with Crippen LogP contribution in [0, 0.1) is 6.92 Å². The lowest BCUT2D eigenvalue weighted by atomic mass is 10.3. The van der Waals surface area contributed by atoms with Crippen LogP contribution >= 0.6 is 11.3 Å². The summed E-state index contributed by atoms with van der Waals surface area (Å²) in [5, 5.41) is 16.1. The van der Waals surface area contributed by atoms with E-state index in [4.69, 9.17) is 5.11 Å². The Balaban J connectivity index is 2.27. The van der Waals surface area contributed by atoms with Gasteiger partial charge in [0.1, 0.15) is 0 Å². The molecule has 0 atom stereocenters. The minimum Gasteiger partial charge on any atom is -0.476 e. The molecule has 0 amide bonds. The first-order chi connectivity index (χ1) is 7.18. The van der Waals surface area contributed by atoms with Crippen molar-refractivity contribution in [3.63, 3.8) is 0 Å². The predicted octanol–water partition coefficient (Wildman–Crippen LogP) is 0.790. The van der Waals surface area contributed by atoms with Gasteiger partial charge in [-0.1, -0.05) is 5.21 Å². The van der Waals surface area contributed by atoms with Crippen LogP contribution in [-0.2, 0) is 6.54 Å². The smallest absolute Gasteiger partial charge is 0.358 e. The molecule has 6 nitrogen and oxygen atoms in total. The van der Waals surface area contributed by atoms with Gasteiger partial charge in [0.05, 0.1) is 17.7 Å². The zero-order valence-corrected chi connectivity index (χ0v) is 8.73. The van der Waals surface area contributed by atoms with E-state index in [1.807, 2.05) is 0 Å². The molecule has 0 saturated carbocycles. The Bertz CT molecular complexity index is 477. The summed E-state index contributed by atoms with van der Waals surface area (Å²) in [5.41, 5.74) is 2.27. The number of rotatable bonds is 3. The Kier molecular flexibility index (Phi) is 2.46. The quantitative estimate of drug-likeness (QED) is 0.833. The molecule has 0 saturated heterocycles. The minimum absolute atomic E-state index is 0.000449. The number of nitrogens with zero attached hydrogens (tertiary/aromatic N) is 4. The SMILES string of the molecule is Cc1c(C(=O)O)nnn1Cc1cncs1. The molecule has 0 radical (unpaired) electrons. The van der Waals surface area contributed by atoms with Crippen molar-refractivity contribution in [1.82, 2.24) is 20.0 Å². The van der Waals surface area contributed by atoms with Gasteiger partial charge in [0.2, 0.25) is 0 Å². The molecule has 78 valence electrons. The molecule has 0 spiro atoms. The third kappa shape index (κ3) is 1.86. The summed E-state index contributed by atoms with van der Waals surface area (Å²) in [6, 6.07) is 0. The molecule has 15 heavy (non-hydrogen) atoms. The molecule has 1 N–H and O–H groups in total. The Hall–Kier alpha value is -1.76. The molecule has 0 bridgehead atoms. The van der Waals surface area contributed by atoms with Crippen LogP contribution in [0.3, 0.4) is 0 Å². The lowest BCUT2D eigenvalue weighted by Crippen LogP contribution is -2.04. The van der Waals surface area contributed by atoms with E-state index in [-0.39, 0.29) is 5.69 Å². The molecule has 0 aromatic carbocycles. The van der Waals surface area contributed by atoms with Crippen LogP contribution in [0.25, 0.3) is 0 Å². The van der Waals surface area contributed by atoms with Gasteiger partial charge in [0.25, 0.3) is 0 Å². The second-order valence-corrected chi connectivity index (χ2v) is 3.92. The lowest BCUT2D eigenvalue weighted by molar-refractivity contribution is 0.0689. The van der Waals surface area contributed by atoms with Gasteiger partial charge in [0, 0.05) is 11.1 Å². The van der Waals surface area contributed by atoms with Gasteiger partial charge >= 0.3 is 5.97 Å². The van der Waals surface area contributed by atoms with E-state index < -0.39 is 5.97 Å². The third-order valence-electron chi connectivity index (χ3n) is 1.97. The molecular weight excluding hydrogens is 216 g/mol. The normalized spacial score (nSPS) is 10.5. The highest BCUT2D eigenvalue weighted by atomic mass is 32.1. The van der Waals surface area contributed by atoms with Crippen LogP contribution in [-0.4, -0.2) is 31.1 Å². The Morgan fingerprint density at radius 1 is 1.67 bits per heavy atom. The fourth-order valence-electron chi connectivity index (χ4n) is 1.18. The van der Waals surface area contributed by atoms with Crippen LogP contribution in [0.2, 0.25) is 0 Å². The summed E-state index contributed by atoms with van der Waals surface area (Å²) in [6.45, 7) is 2.20. The van der Waals surface area contributed by atoms with E-state index in [9.17, 15) is 4.79 Å². The average molecular weight is 224 g/mol. The van der Waals surface area contributed by atoms with Gasteiger partial charge in [0.15, 0.2) is 5.69 Å². The second kappa shape index (κ2) is 3.77. The van der Waals surface area contributed by atoms with Crippen molar-refractivity contribution < 1.29 is 9.90 Å². The Morgan fingerprint density at radius 2 is 2.47 bits per heavy atom. The number of hydrogen-bond donors (Lipinski definition) is 1. The number of carboxylic acids is 1. The Morgan fingerprint density at radius 3 is 3.00 bits per heavy atom. The molecule has 0 aliphatic heterocycles. The van der Waals surface area contributed by atoms with Crippen molar-refractivity contribution in [2.24, 2.45) is 0 Å². The third-order valence-corrected chi connectivity index (χ3v) is 2.74. The minimum atomic E-state index is -1.05. The molecule has 7 heteroatoms. The summed E-state index contributed by atoms with van der Waals surface area (Å²) in [5.74, 6) is -1.05. The maximum atomic E-state index is 10.7. The zero-order valence-electron chi connectivity index (χ0n) is 7.91. The maximum Gasteiger partial charge on any atom is 0.358 e. The van der Waals surface area contributed by atoms with Crippen LogP contribution in [0.4, 0.5) is 0 Å². The average Bonchev–Trinajstić information content (AvgIpc) is 2.78. The highest BCUT2D eigenvalue weighted by Gasteiger charge is 2.15. The molecule has 0 aliphatic carbocycles. The van der Waals surface area contributed by atoms with E-state index in [2.05, 4.69) is 15.3 Å². The molecule has 2 rings (SSSR count). The van der Waals surface area contributed by atoms with Crippen LogP contribution < -0.4 is 0 Å². The number of thiazole rings is 1. The van der Waals surface area contributed by atoms with Gasteiger partial charge in [-0.2, -0.15) is 0 Å². The molecule has 0 aliphatic rings. The van der Waals surface area contributed by atoms with Gasteiger partial charge in [-0.3, -0.25) is 4.98 Å². The first-order valence-corrected chi connectivity index (χ1v) is 5.07.